The van der Waals surface area contributed by atoms with E-state index in [9.17, 15) is 13.2 Å². The Morgan fingerprint density at radius 2 is 1.90 bits per heavy atom. The van der Waals surface area contributed by atoms with Gasteiger partial charge in [0.25, 0.3) is 0 Å². The molecule has 0 bridgehead atoms. The fourth-order valence-electron chi connectivity index (χ4n) is 1.77. The van der Waals surface area contributed by atoms with Crippen molar-refractivity contribution < 1.29 is 22.6 Å². The van der Waals surface area contributed by atoms with Crippen LogP contribution in [0.25, 0.3) is 0 Å². The number of halogens is 3. The minimum absolute atomic E-state index is 0.0997. The predicted molar refractivity (Wildman–Crippen MR) is 75.7 cm³/mol. The van der Waals surface area contributed by atoms with Gasteiger partial charge in [0.15, 0.2) is 0 Å². The van der Waals surface area contributed by atoms with Gasteiger partial charge in [-0.25, -0.2) is 0 Å². The van der Waals surface area contributed by atoms with Crippen molar-refractivity contribution in [3.63, 3.8) is 0 Å². The van der Waals surface area contributed by atoms with Crippen LogP contribution < -0.4 is 15.2 Å². The molecule has 120 valence electrons. The Balaban J connectivity index is 2.78. The zero-order chi connectivity index (χ0) is 15.9. The highest BCUT2D eigenvalue weighted by molar-refractivity contribution is 5.41. The molecule has 0 radical (unpaired) electrons. The van der Waals surface area contributed by atoms with Crippen molar-refractivity contribution in [2.24, 2.45) is 5.73 Å². The number of hydrogen-bond acceptors (Lipinski definition) is 3. The zero-order valence-electron chi connectivity index (χ0n) is 12.4. The van der Waals surface area contributed by atoms with Crippen molar-refractivity contribution in [2.75, 3.05) is 13.2 Å². The van der Waals surface area contributed by atoms with E-state index in [-0.39, 0.29) is 6.04 Å². The summed E-state index contributed by atoms with van der Waals surface area (Å²) in [6.45, 7) is 3.95. The first-order valence-corrected chi connectivity index (χ1v) is 7.02. The molecule has 1 aromatic carbocycles. The summed E-state index contributed by atoms with van der Waals surface area (Å²) in [6.07, 6.45) is -3.82. The van der Waals surface area contributed by atoms with E-state index in [4.69, 9.17) is 15.2 Å². The van der Waals surface area contributed by atoms with Gasteiger partial charge in [0, 0.05) is 12.1 Å². The monoisotopic (exact) mass is 305 g/mol. The number of hydrogen-bond donors (Lipinski definition) is 1. The molecular weight excluding hydrogens is 283 g/mol. The third-order valence-corrected chi connectivity index (χ3v) is 2.70. The molecule has 21 heavy (non-hydrogen) atoms. The van der Waals surface area contributed by atoms with Crippen molar-refractivity contribution in [1.82, 2.24) is 0 Å². The van der Waals surface area contributed by atoms with Crippen molar-refractivity contribution >= 4 is 0 Å². The standard InChI is InChI=1S/C15H22F3NO2/c1-3-7-20-13-5-4-12(9-11(2)19)14(10-13)21-8-6-15(16,17)18/h4-5,10-11H,3,6-9,19H2,1-2H3. The van der Waals surface area contributed by atoms with Gasteiger partial charge in [0.1, 0.15) is 11.5 Å². The first kappa shape index (κ1) is 17.6. The van der Waals surface area contributed by atoms with Crippen LogP contribution in [0, 0.1) is 0 Å². The molecule has 0 aliphatic rings. The van der Waals surface area contributed by atoms with Crippen LogP contribution in [0.5, 0.6) is 11.5 Å². The molecular formula is C15H22F3NO2. The quantitative estimate of drug-likeness (QED) is 0.796. The number of alkyl halides is 3. The Hall–Kier alpha value is -1.43. The third-order valence-electron chi connectivity index (χ3n) is 2.70. The number of benzene rings is 1. The first-order chi connectivity index (χ1) is 9.81. The van der Waals surface area contributed by atoms with Crippen LogP contribution >= 0.6 is 0 Å². The van der Waals surface area contributed by atoms with Gasteiger partial charge in [-0.1, -0.05) is 13.0 Å². The fraction of sp³-hybridized carbons (Fsp3) is 0.600. The van der Waals surface area contributed by atoms with Crippen molar-refractivity contribution in [1.29, 1.82) is 0 Å². The van der Waals surface area contributed by atoms with E-state index in [2.05, 4.69) is 0 Å². The van der Waals surface area contributed by atoms with Gasteiger partial charge in [-0.3, -0.25) is 0 Å². The van der Waals surface area contributed by atoms with E-state index >= 15 is 0 Å². The van der Waals surface area contributed by atoms with Gasteiger partial charge in [-0.2, -0.15) is 13.2 Å². The number of ether oxygens (including phenoxy) is 2. The van der Waals surface area contributed by atoms with Gasteiger partial charge < -0.3 is 15.2 Å². The average Bonchev–Trinajstić information content (AvgIpc) is 2.36. The second kappa shape index (κ2) is 8.12. The molecule has 0 aliphatic heterocycles. The highest BCUT2D eigenvalue weighted by atomic mass is 19.4. The summed E-state index contributed by atoms with van der Waals surface area (Å²) in [7, 11) is 0. The lowest BCUT2D eigenvalue weighted by atomic mass is 10.1. The highest BCUT2D eigenvalue weighted by Crippen LogP contribution is 2.27. The molecule has 6 heteroatoms. The normalized spacial score (nSPS) is 13.0. The Morgan fingerprint density at radius 1 is 1.19 bits per heavy atom. The van der Waals surface area contributed by atoms with Crippen molar-refractivity contribution in [2.45, 2.75) is 45.3 Å². The van der Waals surface area contributed by atoms with Crippen LogP contribution in [0.4, 0.5) is 13.2 Å². The van der Waals surface area contributed by atoms with Crippen LogP contribution in [0.2, 0.25) is 0 Å². The van der Waals surface area contributed by atoms with Crippen LogP contribution in [0.1, 0.15) is 32.3 Å². The summed E-state index contributed by atoms with van der Waals surface area (Å²) in [5, 5.41) is 0. The molecule has 0 saturated carbocycles. The molecule has 0 spiro atoms. The van der Waals surface area contributed by atoms with Crippen LogP contribution in [-0.2, 0) is 6.42 Å². The van der Waals surface area contributed by atoms with E-state index in [1.54, 1.807) is 18.2 Å². The van der Waals surface area contributed by atoms with Gasteiger partial charge in [-0.15, -0.1) is 0 Å². The molecule has 0 amide bonds. The lowest BCUT2D eigenvalue weighted by Gasteiger charge is -2.15. The maximum Gasteiger partial charge on any atom is 0.392 e. The summed E-state index contributed by atoms with van der Waals surface area (Å²) in [4.78, 5) is 0. The highest BCUT2D eigenvalue weighted by Gasteiger charge is 2.27. The average molecular weight is 305 g/mol. The lowest BCUT2D eigenvalue weighted by molar-refractivity contribution is -0.139. The lowest BCUT2D eigenvalue weighted by Crippen LogP contribution is -2.19. The van der Waals surface area contributed by atoms with Gasteiger partial charge in [0.2, 0.25) is 0 Å². The molecule has 1 aromatic rings. The van der Waals surface area contributed by atoms with E-state index in [1.807, 2.05) is 13.8 Å². The SMILES string of the molecule is CCCOc1ccc(CC(C)N)c(OCCC(F)(F)F)c1. The second-order valence-corrected chi connectivity index (χ2v) is 5.01. The molecule has 0 aromatic heterocycles. The summed E-state index contributed by atoms with van der Waals surface area (Å²) >= 11 is 0. The molecule has 1 unspecified atom stereocenters. The van der Waals surface area contributed by atoms with Crippen molar-refractivity contribution in [3.8, 4) is 11.5 Å². The second-order valence-electron chi connectivity index (χ2n) is 5.01. The third kappa shape index (κ3) is 7.22. The predicted octanol–water partition coefficient (Wildman–Crippen LogP) is 3.70. The number of rotatable bonds is 8. The molecule has 2 N–H and O–H groups in total. The van der Waals surface area contributed by atoms with E-state index in [0.717, 1.165) is 12.0 Å². The molecule has 0 fully saturated rings. The van der Waals surface area contributed by atoms with Crippen molar-refractivity contribution in [3.05, 3.63) is 23.8 Å². The fourth-order valence-corrected chi connectivity index (χ4v) is 1.77. The van der Waals surface area contributed by atoms with Crippen LogP contribution in [0.3, 0.4) is 0 Å². The van der Waals surface area contributed by atoms with E-state index in [1.165, 1.54) is 0 Å². The van der Waals surface area contributed by atoms with Gasteiger partial charge in [0.05, 0.1) is 19.6 Å². The molecule has 0 saturated heterocycles. The van der Waals surface area contributed by atoms with E-state index < -0.39 is 19.2 Å². The maximum absolute atomic E-state index is 12.2. The minimum Gasteiger partial charge on any atom is -0.493 e. The summed E-state index contributed by atoms with van der Waals surface area (Å²) < 4.78 is 47.3. The summed E-state index contributed by atoms with van der Waals surface area (Å²) in [6, 6.07) is 5.10. The Kier molecular flexibility index (Phi) is 6.81. The molecule has 0 heterocycles. The van der Waals surface area contributed by atoms with E-state index in [0.29, 0.717) is 24.5 Å². The largest absolute Gasteiger partial charge is 0.493 e. The Bertz CT molecular complexity index is 433. The molecule has 3 nitrogen and oxygen atoms in total. The topological polar surface area (TPSA) is 44.5 Å². The smallest absolute Gasteiger partial charge is 0.392 e. The molecule has 0 aliphatic carbocycles. The minimum atomic E-state index is -4.22. The summed E-state index contributed by atoms with van der Waals surface area (Å²) in [5.41, 5.74) is 6.53. The van der Waals surface area contributed by atoms with Crippen LogP contribution in [0.15, 0.2) is 18.2 Å². The summed E-state index contributed by atoms with van der Waals surface area (Å²) in [5.74, 6) is 0.998. The zero-order valence-corrected chi connectivity index (χ0v) is 12.4. The molecule has 1 rings (SSSR count). The van der Waals surface area contributed by atoms with Crippen LogP contribution in [-0.4, -0.2) is 25.4 Å². The maximum atomic E-state index is 12.2. The van der Waals surface area contributed by atoms with Gasteiger partial charge >= 0.3 is 6.18 Å². The molecule has 1 atom stereocenters. The first-order valence-electron chi connectivity index (χ1n) is 7.02. The Labute approximate surface area is 123 Å². The number of nitrogens with two attached hydrogens (primary N) is 1. The van der Waals surface area contributed by atoms with Gasteiger partial charge in [-0.05, 0) is 31.4 Å². The Morgan fingerprint density at radius 3 is 2.48 bits per heavy atom.